The van der Waals surface area contributed by atoms with Gasteiger partial charge in [0.15, 0.2) is 5.79 Å². The third-order valence-corrected chi connectivity index (χ3v) is 2.57. The molecule has 1 aliphatic carbocycles. The van der Waals surface area contributed by atoms with Gasteiger partial charge in [-0.15, -0.1) is 0 Å². The second-order valence-corrected chi connectivity index (χ2v) is 3.39. The lowest BCUT2D eigenvalue weighted by molar-refractivity contribution is -0.237. The number of hydrogen-bond donors (Lipinski definition) is 1. The van der Waals surface area contributed by atoms with Crippen LogP contribution in [0.5, 0.6) is 0 Å². The van der Waals surface area contributed by atoms with Crippen molar-refractivity contribution in [2.75, 3.05) is 13.7 Å². The van der Waals surface area contributed by atoms with Gasteiger partial charge < -0.3 is 15.2 Å². The summed E-state index contributed by atoms with van der Waals surface area (Å²) in [5, 5.41) is 0. The Kier molecular flexibility index (Phi) is 7.15. The molecule has 1 aliphatic rings. The Bertz CT molecular complexity index is 131. The predicted molar refractivity (Wildman–Crippen MR) is 59.2 cm³/mol. The van der Waals surface area contributed by atoms with Crippen molar-refractivity contribution < 1.29 is 9.47 Å². The third-order valence-electron chi connectivity index (χ3n) is 2.57. The average molecular weight is 203 g/mol. The lowest BCUT2D eigenvalue weighted by atomic mass is 9.90. The van der Waals surface area contributed by atoms with Crippen LogP contribution in [0.1, 0.15) is 46.5 Å². The Morgan fingerprint density at radius 1 is 1.29 bits per heavy atom. The van der Waals surface area contributed by atoms with Crippen LogP contribution in [0.3, 0.4) is 0 Å². The van der Waals surface area contributed by atoms with Crippen LogP contribution < -0.4 is 5.73 Å². The number of hydrogen-bond acceptors (Lipinski definition) is 3. The molecule has 0 heterocycles. The largest absolute Gasteiger partial charge is 0.353 e. The number of nitrogens with two attached hydrogens (primary N) is 1. The second kappa shape index (κ2) is 7.21. The molecule has 0 radical (unpaired) electrons. The van der Waals surface area contributed by atoms with Crippen LogP contribution in [0.15, 0.2) is 0 Å². The van der Waals surface area contributed by atoms with Gasteiger partial charge in [0, 0.05) is 32.6 Å². The smallest absolute Gasteiger partial charge is 0.167 e. The van der Waals surface area contributed by atoms with E-state index in [0.717, 1.165) is 25.7 Å². The van der Waals surface area contributed by atoms with E-state index in [1.54, 1.807) is 7.11 Å². The summed E-state index contributed by atoms with van der Waals surface area (Å²) < 4.78 is 11.0. The molecule has 0 aromatic rings. The highest BCUT2D eigenvalue weighted by molar-refractivity contribution is 4.81. The van der Waals surface area contributed by atoms with Gasteiger partial charge in [0.1, 0.15) is 0 Å². The molecule has 3 heteroatoms. The first-order valence-electron chi connectivity index (χ1n) is 5.67. The van der Waals surface area contributed by atoms with Crippen molar-refractivity contribution in [2.24, 2.45) is 5.73 Å². The third kappa shape index (κ3) is 3.95. The fraction of sp³-hybridized carbons (Fsp3) is 1.00. The molecule has 0 aliphatic heterocycles. The van der Waals surface area contributed by atoms with Gasteiger partial charge in [-0.2, -0.15) is 0 Å². The van der Waals surface area contributed by atoms with Crippen molar-refractivity contribution in [3.63, 3.8) is 0 Å². The molecule has 86 valence electrons. The van der Waals surface area contributed by atoms with Crippen LogP contribution in [0.2, 0.25) is 0 Å². The van der Waals surface area contributed by atoms with E-state index in [1.807, 2.05) is 20.8 Å². The molecule has 1 fully saturated rings. The van der Waals surface area contributed by atoms with Gasteiger partial charge in [-0.25, -0.2) is 0 Å². The van der Waals surface area contributed by atoms with Crippen LogP contribution in [-0.2, 0) is 9.47 Å². The molecule has 0 spiro atoms. The van der Waals surface area contributed by atoms with Crippen molar-refractivity contribution in [1.29, 1.82) is 0 Å². The highest BCUT2D eigenvalue weighted by atomic mass is 16.7. The fourth-order valence-electron chi connectivity index (χ4n) is 1.75. The van der Waals surface area contributed by atoms with Gasteiger partial charge in [0.05, 0.1) is 0 Å². The Morgan fingerprint density at radius 2 is 1.79 bits per heavy atom. The lowest BCUT2D eigenvalue weighted by Gasteiger charge is -2.37. The Hall–Kier alpha value is -0.120. The van der Waals surface area contributed by atoms with Gasteiger partial charge in [-0.3, -0.25) is 0 Å². The second-order valence-electron chi connectivity index (χ2n) is 3.39. The molecule has 0 bridgehead atoms. The van der Waals surface area contributed by atoms with Crippen LogP contribution in [0, 0.1) is 0 Å². The minimum Gasteiger partial charge on any atom is -0.353 e. The monoisotopic (exact) mass is 203 g/mol. The van der Waals surface area contributed by atoms with E-state index in [9.17, 15) is 0 Å². The molecule has 14 heavy (non-hydrogen) atoms. The number of rotatable bonds is 3. The van der Waals surface area contributed by atoms with Gasteiger partial charge in [-0.1, -0.05) is 13.8 Å². The SMILES string of the molecule is CC.CCOC1(OC)CCC(N)CC1. The molecule has 0 amide bonds. The fourth-order valence-corrected chi connectivity index (χ4v) is 1.75. The summed E-state index contributed by atoms with van der Waals surface area (Å²) in [6.07, 6.45) is 3.87. The first-order chi connectivity index (χ1) is 6.72. The zero-order valence-electron chi connectivity index (χ0n) is 10.0. The van der Waals surface area contributed by atoms with E-state index < -0.39 is 0 Å². The topological polar surface area (TPSA) is 44.5 Å². The molecule has 0 saturated heterocycles. The Labute approximate surface area is 88.0 Å². The molecule has 3 nitrogen and oxygen atoms in total. The molecule has 2 N–H and O–H groups in total. The predicted octanol–water partition coefficient (Wildman–Crippen LogP) is 2.29. The zero-order chi connectivity index (χ0) is 11.0. The van der Waals surface area contributed by atoms with Gasteiger partial charge in [0.2, 0.25) is 0 Å². The molecular formula is C11H25NO2. The van der Waals surface area contributed by atoms with E-state index in [4.69, 9.17) is 15.2 Å². The highest BCUT2D eigenvalue weighted by Crippen LogP contribution is 2.31. The van der Waals surface area contributed by atoms with Crippen molar-refractivity contribution in [1.82, 2.24) is 0 Å². The molecule has 1 saturated carbocycles. The molecule has 0 atom stereocenters. The quantitative estimate of drug-likeness (QED) is 0.716. The summed E-state index contributed by atoms with van der Waals surface area (Å²) in [5.74, 6) is -0.329. The zero-order valence-corrected chi connectivity index (χ0v) is 10.0. The van der Waals surface area contributed by atoms with Gasteiger partial charge in [0.25, 0.3) is 0 Å². The normalized spacial score (nSPS) is 31.9. The molecule has 0 aromatic heterocycles. The van der Waals surface area contributed by atoms with Gasteiger partial charge >= 0.3 is 0 Å². The summed E-state index contributed by atoms with van der Waals surface area (Å²) >= 11 is 0. The maximum Gasteiger partial charge on any atom is 0.167 e. The molecule has 0 aromatic carbocycles. The summed E-state index contributed by atoms with van der Waals surface area (Å²) in [6, 6.07) is 0.341. The van der Waals surface area contributed by atoms with Gasteiger partial charge in [-0.05, 0) is 19.8 Å². The van der Waals surface area contributed by atoms with Crippen LogP contribution >= 0.6 is 0 Å². The van der Waals surface area contributed by atoms with E-state index in [-0.39, 0.29) is 5.79 Å². The summed E-state index contributed by atoms with van der Waals surface area (Å²) in [7, 11) is 1.71. The molecular weight excluding hydrogens is 178 g/mol. The average Bonchev–Trinajstić information content (AvgIpc) is 2.25. The molecule has 0 unspecified atom stereocenters. The van der Waals surface area contributed by atoms with E-state index in [1.165, 1.54) is 0 Å². The summed E-state index contributed by atoms with van der Waals surface area (Å²) in [5.41, 5.74) is 5.80. The van der Waals surface area contributed by atoms with E-state index >= 15 is 0 Å². The van der Waals surface area contributed by atoms with Crippen molar-refractivity contribution in [3.8, 4) is 0 Å². The summed E-state index contributed by atoms with van der Waals surface area (Å²) in [6.45, 7) is 6.71. The Morgan fingerprint density at radius 3 is 2.14 bits per heavy atom. The molecule has 1 rings (SSSR count). The minimum absolute atomic E-state index is 0.329. The lowest BCUT2D eigenvalue weighted by Crippen LogP contribution is -2.42. The maximum atomic E-state index is 5.80. The minimum atomic E-state index is -0.329. The number of methoxy groups -OCH3 is 1. The standard InChI is InChI=1S/C9H19NO2.C2H6/c1-3-12-9(11-2)6-4-8(10)5-7-9;1-2/h8H,3-7,10H2,1-2H3;1-2H3. The van der Waals surface area contributed by atoms with Crippen LogP contribution in [-0.4, -0.2) is 25.5 Å². The van der Waals surface area contributed by atoms with Crippen LogP contribution in [0.4, 0.5) is 0 Å². The van der Waals surface area contributed by atoms with Crippen molar-refractivity contribution >= 4 is 0 Å². The first-order valence-corrected chi connectivity index (χ1v) is 5.67. The van der Waals surface area contributed by atoms with E-state index in [0.29, 0.717) is 12.6 Å². The van der Waals surface area contributed by atoms with Crippen molar-refractivity contribution in [3.05, 3.63) is 0 Å². The summed E-state index contributed by atoms with van der Waals surface area (Å²) in [4.78, 5) is 0. The van der Waals surface area contributed by atoms with Crippen LogP contribution in [0.25, 0.3) is 0 Å². The number of ether oxygens (including phenoxy) is 2. The first kappa shape index (κ1) is 13.9. The van der Waals surface area contributed by atoms with E-state index in [2.05, 4.69) is 0 Å². The Balaban J connectivity index is 0.000000791. The highest BCUT2D eigenvalue weighted by Gasteiger charge is 2.34. The van der Waals surface area contributed by atoms with Crippen molar-refractivity contribution in [2.45, 2.75) is 58.3 Å². The maximum absolute atomic E-state index is 5.80.